The Kier molecular flexibility index (Phi) is 3.53. The predicted molar refractivity (Wildman–Crippen MR) is 69.1 cm³/mol. The van der Waals surface area contributed by atoms with Gasteiger partial charge in [-0.25, -0.2) is 0 Å². The molecule has 17 heavy (non-hydrogen) atoms. The number of aliphatic hydroxyl groups is 1. The maximum atomic E-state index is 10.7. The third-order valence-corrected chi connectivity index (χ3v) is 3.04. The average molecular weight is 232 g/mol. The molecule has 1 N–H and O–H groups in total. The minimum absolute atomic E-state index is 0.118. The molecule has 0 fully saturated rings. The zero-order valence-corrected chi connectivity index (χ0v) is 10.5. The molecule has 0 saturated carbocycles. The smallest absolute Gasteiger partial charge is 0.126 e. The molecule has 0 amide bonds. The normalized spacial score (nSPS) is 24.0. The van der Waals surface area contributed by atoms with Gasteiger partial charge < -0.3 is 9.84 Å². The fourth-order valence-corrected chi connectivity index (χ4v) is 2.26. The summed E-state index contributed by atoms with van der Waals surface area (Å²) < 4.78 is 5.77. The fraction of sp³-hybridized carbons (Fsp3) is 0.467. The van der Waals surface area contributed by atoms with Gasteiger partial charge in [-0.2, -0.15) is 0 Å². The van der Waals surface area contributed by atoms with Crippen molar-refractivity contribution in [1.29, 1.82) is 0 Å². The van der Waals surface area contributed by atoms with E-state index in [-0.39, 0.29) is 6.10 Å². The van der Waals surface area contributed by atoms with Gasteiger partial charge in [0, 0.05) is 5.56 Å². The first-order valence-corrected chi connectivity index (χ1v) is 6.28. The first kappa shape index (κ1) is 12.2. The highest BCUT2D eigenvalue weighted by Gasteiger charge is 2.30. The molecule has 0 spiro atoms. The van der Waals surface area contributed by atoms with Gasteiger partial charge in [-0.15, -0.1) is 0 Å². The minimum atomic E-state index is -0.857. The van der Waals surface area contributed by atoms with Crippen LogP contribution in [0.4, 0.5) is 0 Å². The summed E-state index contributed by atoms with van der Waals surface area (Å²) in [4.78, 5) is 0. The van der Waals surface area contributed by atoms with E-state index >= 15 is 0 Å². The van der Waals surface area contributed by atoms with Crippen LogP contribution in [0.2, 0.25) is 0 Å². The van der Waals surface area contributed by atoms with Crippen molar-refractivity contribution in [3.8, 4) is 5.75 Å². The molecular weight excluding hydrogens is 212 g/mol. The van der Waals surface area contributed by atoms with Crippen LogP contribution in [0, 0.1) is 0 Å². The lowest BCUT2D eigenvalue weighted by Crippen LogP contribution is -2.26. The summed E-state index contributed by atoms with van der Waals surface area (Å²) in [6.07, 6.45) is 6.90. The highest BCUT2D eigenvalue weighted by molar-refractivity contribution is 5.41. The molecular formula is C15H20O2. The summed E-state index contributed by atoms with van der Waals surface area (Å²) in [7, 11) is 0. The van der Waals surface area contributed by atoms with Crippen molar-refractivity contribution in [2.75, 3.05) is 0 Å². The largest absolute Gasteiger partial charge is 0.491 e. The molecule has 0 bridgehead atoms. The maximum Gasteiger partial charge on any atom is 0.126 e. The third-order valence-electron chi connectivity index (χ3n) is 3.04. The van der Waals surface area contributed by atoms with Gasteiger partial charge >= 0.3 is 0 Å². The van der Waals surface area contributed by atoms with Crippen molar-refractivity contribution in [2.24, 2.45) is 0 Å². The van der Waals surface area contributed by atoms with E-state index in [0.717, 1.165) is 30.6 Å². The summed E-state index contributed by atoms with van der Waals surface area (Å²) >= 11 is 0. The Bertz CT molecular complexity index is 409. The molecule has 2 rings (SSSR count). The van der Waals surface area contributed by atoms with Gasteiger partial charge in [0.05, 0.1) is 6.10 Å². The molecule has 0 radical (unpaired) electrons. The van der Waals surface area contributed by atoms with Gasteiger partial charge in [0.1, 0.15) is 11.4 Å². The molecule has 1 atom stereocenters. The van der Waals surface area contributed by atoms with Crippen LogP contribution in [-0.4, -0.2) is 11.2 Å². The minimum Gasteiger partial charge on any atom is -0.491 e. The van der Waals surface area contributed by atoms with Gasteiger partial charge in [-0.1, -0.05) is 30.4 Å². The molecule has 0 aromatic heterocycles. The Morgan fingerprint density at radius 1 is 1.29 bits per heavy atom. The first-order chi connectivity index (χ1) is 8.12. The van der Waals surface area contributed by atoms with Gasteiger partial charge in [-0.05, 0) is 39.2 Å². The summed E-state index contributed by atoms with van der Waals surface area (Å²) in [5.41, 5.74) is 0.0219. The highest BCUT2D eigenvalue weighted by atomic mass is 16.5. The molecule has 1 aromatic carbocycles. The Labute approximate surface area is 103 Å². The zero-order chi connectivity index (χ0) is 12.3. The van der Waals surface area contributed by atoms with E-state index in [4.69, 9.17) is 4.74 Å². The van der Waals surface area contributed by atoms with Crippen LogP contribution >= 0.6 is 0 Å². The van der Waals surface area contributed by atoms with E-state index in [0.29, 0.717) is 0 Å². The maximum absolute atomic E-state index is 10.7. The molecule has 1 unspecified atom stereocenters. The summed E-state index contributed by atoms with van der Waals surface area (Å²) in [5, 5.41) is 10.7. The van der Waals surface area contributed by atoms with Gasteiger partial charge in [0.2, 0.25) is 0 Å². The van der Waals surface area contributed by atoms with Crippen molar-refractivity contribution >= 4 is 0 Å². The van der Waals surface area contributed by atoms with Crippen LogP contribution in [-0.2, 0) is 5.60 Å². The number of rotatable bonds is 3. The van der Waals surface area contributed by atoms with E-state index in [1.165, 1.54) is 0 Å². The second-order valence-corrected chi connectivity index (χ2v) is 4.88. The van der Waals surface area contributed by atoms with E-state index in [9.17, 15) is 5.11 Å². The molecule has 1 aromatic rings. The van der Waals surface area contributed by atoms with Gasteiger partial charge in [0.25, 0.3) is 0 Å². The van der Waals surface area contributed by atoms with E-state index < -0.39 is 5.60 Å². The van der Waals surface area contributed by atoms with E-state index in [2.05, 4.69) is 6.08 Å². The molecule has 0 heterocycles. The fourth-order valence-electron chi connectivity index (χ4n) is 2.26. The van der Waals surface area contributed by atoms with Crippen molar-refractivity contribution < 1.29 is 9.84 Å². The van der Waals surface area contributed by atoms with Crippen LogP contribution in [0.1, 0.15) is 38.7 Å². The summed E-state index contributed by atoms with van der Waals surface area (Å²) in [5.74, 6) is 0.788. The molecule has 0 aliphatic heterocycles. The Morgan fingerprint density at radius 2 is 2.06 bits per heavy atom. The second-order valence-electron chi connectivity index (χ2n) is 4.88. The Hall–Kier alpha value is -1.28. The second kappa shape index (κ2) is 4.92. The van der Waals surface area contributed by atoms with Crippen LogP contribution < -0.4 is 4.74 Å². The molecule has 1 aliphatic rings. The van der Waals surface area contributed by atoms with Crippen LogP contribution in [0.5, 0.6) is 5.75 Å². The highest BCUT2D eigenvalue weighted by Crippen LogP contribution is 2.37. The van der Waals surface area contributed by atoms with Gasteiger partial charge in [0.15, 0.2) is 0 Å². The van der Waals surface area contributed by atoms with E-state index in [1.807, 2.05) is 44.2 Å². The lowest BCUT2D eigenvalue weighted by atomic mass is 9.84. The van der Waals surface area contributed by atoms with Crippen LogP contribution in [0.3, 0.4) is 0 Å². The number of benzene rings is 1. The van der Waals surface area contributed by atoms with Crippen LogP contribution in [0.15, 0.2) is 36.4 Å². The quantitative estimate of drug-likeness (QED) is 0.809. The topological polar surface area (TPSA) is 29.5 Å². The van der Waals surface area contributed by atoms with Crippen molar-refractivity contribution in [1.82, 2.24) is 0 Å². The molecule has 2 heteroatoms. The van der Waals surface area contributed by atoms with Crippen LogP contribution in [0.25, 0.3) is 0 Å². The SMILES string of the molecule is CC(C)Oc1ccccc1C1(O)C=CCCC1. The summed E-state index contributed by atoms with van der Waals surface area (Å²) in [6.45, 7) is 4.00. The van der Waals surface area contributed by atoms with Crippen molar-refractivity contribution in [3.63, 3.8) is 0 Å². The molecule has 2 nitrogen and oxygen atoms in total. The average Bonchev–Trinajstić information content (AvgIpc) is 2.30. The molecule has 0 saturated heterocycles. The summed E-state index contributed by atoms with van der Waals surface area (Å²) in [6, 6.07) is 7.77. The van der Waals surface area contributed by atoms with Gasteiger partial charge in [-0.3, -0.25) is 0 Å². The first-order valence-electron chi connectivity index (χ1n) is 6.28. The number of ether oxygens (including phenoxy) is 1. The van der Waals surface area contributed by atoms with E-state index in [1.54, 1.807) is 0 Å². The lowest BCUT2D eigenvalue weighted by molar-refractivity contribution is 0.0676. The number of hydrogen-bond donors (Lipinski definition) is 1. The van der Waals surface area contributed by atoms with Crippen molar-refractivity contribution in [3.05, 3.63) is 42.0 Å². The molecule has 92 valence electrons. The standard InChI is InChI=1S/C15H20O2/c1-12(2)17-14-9-5-4-8-13(14)15(16)10-6-3-7-11-15/h4-6,8-10,12,16H,3,7,11H2,1-2H3. The third kappa shape index (κ3) is 2.70. The Balaban J connectivity index is 2.36. The predicted octanol–water partition coefficient (Wildman–Crippen LogP) is 3.40. The monoisotopic (exact) mass is 232 g/mol. The number of hydrogen-bond acceptors (Lipinski definition) is 2. The zero-order valence-electron chi connectivity index (χ0n) is 10.5. The number of allylic oxidation sites excluding steroid dienone is 1. The van der Waals surface area contributed by atoms with Crippen molar-refractivity contribution in [2.45, 2.75) is 44.8 Å². The Morgan fingerprint density at radius 3 is 2.71 bits per heavy atom. The molecule has 1 aliphatic carbocycles. The lowest BCUT2D eigenvalue weighted by Gasteiger charge is -2.30. The number of para-hydroxylation sites is 1.